The standard InChI is InChI=1S/C27H32N6O5Si/c1-16-24(39(2,3)37)23(10-12-32-15-17(11-13-34)29-31-32)38-27(16)20-14-18(8-9-22(20)28-26(27)36)33-25(35)19-6-4-5-7-21(19)30-33/h4-9,14-16,23-24,30,34,37H,10-13H2,1-3H3,(H,28,36)/t16-,23+,24-,27+/m1/s1. The molecule has 4 N–H and O–H groups in total. The van der Waals surface area contributed by atoms with Crippen LogP contribution >= 0.6 is 0 Å². The molecule has 204 valence electrons. The van der Waals surface area contributed by atoms with Crippen LogP contribution in [-0.2, 0) is 28.1 Å². The third kappa shape index (κ3) is 4.06. The Balaban J connectivity index is 1.38. The van der Waals surface area contributed by atoms with Gasteiger partial charge in [0.1, 0.15) is 0 Å². The molecule has 0 saturated carbocycles. The number of aliphatic hydroxyl groups is 1. The van der Waals surface area contributed by atoms with E-state index >= 15 is 0 Å². The average molecular weight is 549 g/mol. The molecule has 0 bridgehead atoms. The molecule has 0 aliphatic carbocycles. The van der Waals surface area contributed by atoms with Gasteiger partial charge >= 0.3 is 0 Å². The number of carbonyl (C=O) groups is 1. The second kappa shape index (κ2) is 9.26. The van der Waals surface area contributed by atoms with E-state index in [0.29, 0.717) is 47.4 Å². The molecule has 1 amide bonds. The molecule has 2 aromatic heterocycles. The van der Waals surface area contributed by atoms with E-state index in [1.54, 1.807) is 29.1 Å². The number of fused-ring (bicyclic) bond motifs is 3. The van der Waals surface area contributed by atoms with Crippen molar-refractivity contribution < 1.29 is 19.4 Å². The summed E-state index contributed by atoms with van der Waals surface area (Å²) in [5.41, 5.74) is 1.63. The summed E-state index contributed by atoms with van der Waals surface area (Å²) in [5, 5.41) is 24.1. The molecule has 2 aliphatic heterocycles. The van der Waals surface area contributed by atoms with Gasteiger partial charge in [-0.15, -0.1) is 5.10 Å². The fourth-order valence-corrected chi connectivity index (χ4v) is 9.07. The molecule has 4 atom stereocenters. The highest BCUT2D eigenvalue weighted by Gasteiger charge is 2.64. The average Bonchev–Trinajstić information content (AvgIpc) is 3.63. The molecule has 2 aromatic carbocycles. The van der Waals surface area contributed by atoms with Crippen molar-refractivity contribution in [1.82, 2.24) is 24.8 Å². The number of carbonyl (C=O) groups excluding carboxylic acids is 1. The van der Waals surface area contributed by atoms with E-state index < -0.39 is 20.0 Å². The molecule has 11 nitrogen and oxygen atoms in total. The van der Waals surface area contributed by atoms with Crippen LogP contribution in [0.2, 0.25) is 18.6 Å². The topological polar surface area (TPSA) is 147 Å². The first-order valence-corrected chi connectivity index (χ1v) is 16.2. The van der Waals surface area contributed by atoms with Crippen molar-refractivity contribution in [3.05, 3.63) is 70.3 Å². The second-order valence-electron chi connectivity index (χ2n) is 11.1. The van der Waals surface area contributed by atoms with E-state index in [0.717, 1.165) is 5.52 Å². The minimum atomic E-state index is -2.79. The van der Waals surface area contributed by atoms with E-state index in [4.69, 9.17) is 4.74 Å². The van der Waals surface area contributed by atoms with Gasteiger partial charge in [-0.25, -0.2) is 4.68 Å². The molecule has 4 aromatic rings. The summed E-state index contributed by atoms with van der Waals surface area (Å²) in [6.07, 6.45) is 2.36. The van der Waals surface area contributed by atoms with E-state index in [1.165, 1.54) is 4.68 Å². The Morgan fingerprint density at radius 1 is 1.18 bits per heavy atom. The molecule has 4 heterocycles. The lowest BCUT2D eigenvalue weighted by Gasteiger charge is -2.32. The van der Waals surface area contributed by atoms with Gasteiger partial charge in [-0.2, -0.15) is 0 Å². The molecular weight excluding hydrogens is 516 g/mol. The summed E-state index contributed by atoms with van der Waals surface area (Å²) in [6, 6.07) is 12.7. The van der Waals surface area contributed by atoms with Crippen LogP contribution in [0.25, 0.3) is 16.6 Å². The highest BCUT2D eigenvalue weighted by Crippen LogP contribution is 2.58. The number of ether oxygens (including phenoxy) is 1. The summed E-state index contributed by atoms with van der Waals surface area (Å²) in [6.45, 7) is 6.23. The predicted octanol–water partition coefficient (Wildman–Crippen LogP) is 2.29. The number of nitrogens with one attached hydrogen (secondary N) is 2. The summed E-state index contributed by atoms with van der Waals surface area (Å²) in [5.74, 6) is -0.575. The van der Waals surface area contributed by atoms with Crippen molar-refractivity contribution in [2.24, 2.45) is 5.92 Å². The summed E-state index contributed by atoms with van der Waals surface area (Å²) < 4.78 is 9.91. The first-order valence-electron chi connectivity index (χ1n) is 13.2. The number of para-hydroxylation sites is 1. The number of aromatic amines is 1. The number of nitrogens with zero attached hydrogens (tertiary/aromatic N) is 4. The largest absolute Gasteiger partial charge is 0.432 e. The SMILES string of the molecule is C[C@@H]1[C@@H]([Si](C)(C)O)[C@H](CCn2cc(CCO)nn2)O[C@@]12C(=O)Nc1ccc(-n3[nH]c4ccccc4c3=O)cc12. The van der Waals surface area contributed by atoms with Crippen LogP contribution in [0.1, 0.15) is 24.6 Å². The number of hydrogen-bond acceptors (Lipinski definition) is 7. The smallest absolute Gasteiger partial charge is 0.279 e. The monoisotopic (exact) mass is 548 g/mol. The van der Waals surface area contributed by atoms with E-state index in [-0.39, 0.29) is 29.5 Å². The molecular formula is C27H32N6O5Si. The van der Waals surface area contributed by atoms with E-state index in [2.05, 4.69) is 20.7 Å². The number of hydrogen-bond donors (Lipinski definition) is 4. The maximum absolute atomic E-state index is 13.7. The van der Waals surface area contributed by atoms with Crippen LogP contribution < -0.4 is 10.9 Å². The third-order valence-electron chi connectivity index (χ3n) is 8.17. The lowest BCUT2D eigenvalue weighted by atomic mass is 9.82. The van der Waals surface area contributed by atoms with Crippen LogP contribution in [0.15, 0.2) is 53.5 Å². The van der Waals surface area contributed by atoms with E-state index in [1.807, 2.05) is 44.3 Å². The van der Waals surface area contributed by atoms with Crippen molar-refractivity contribution in [1.29, 1.82) is 0 Å². The maximum Gasteiger partial charge on any atom is 0.279 e. The Morgan fingerprint density at radius 2 is 1.97 bits per heavy atom. The molecule has 39 heavy (non-hydrogen) atoms. The number of amides is 1. The molecule has 1 fully saturated rings. The van der Waals surface area contributed by atoms with Gasteiger partial charge in [0.05, 0.1) is 28.4 Å². The first kappa shape index (κ1) is 25.7. The molecule has 12 heteroatoms. The number of aliphatic hydroxyl groups excluding tert-OH is 1. The highest BCUT2D eigenvalue weighted by atomic mass is 28.4. The lowest BCUT2D eigenvalue weighted by molar-refractivity contribution is -0.143. The second-order valence-corrected chi connectivity index (χ2v) is 15.1. The number of H-pyrrole nitrogens is 1. The van der Waals surface area contributed by atoms with Crippen molar-refractivity contribution in [2.45, 2.75) is 56.7 Å². The zero-order valence-corrected chi connectivity index (χ0v) is 23.1. The molecule has 1 spiro atoms. The van der Waals surface area contributed by atoms with Gasteiger partial charge in [-0.05, 0) is 49.8 Å². The van der Waals surface area contributed by atoms with Crippen LogP contribution in [0.4, 0.5) is 5.69 Å². The summed E-state index contributed by atoms with van der Waals surface area (Å²) in [7, 11) is -2.79. The lowest BCUT2D eigenvalue weighted by Crippen LogP contribution is -2.43. The quantitative estimate of drug-likeness (QED) is 0.259. The van der Waals surface area contributed by atoms with Crippen molar-refractivity contribution in [3.8, 4) is 5.69 Å². The number of aromatic nitrogens is 5. The Labute approximate surface area is 225 Å². The van der Waals surface area contributed by atoms with Gasteiger partial charge in [0.2, 0.25) is 0 Å². The van der Waals surface area contributed by atoms with Gasteiger partial charge in [0, 0.05) is 48.5 Å². The number of rotatable bonds is 7. The van der Waals surface area contributed by atoms with Gasteiger partial charge in [0.15, 0.2) is 13.9 Å². The number of aryl methyl sites for hydroxylation is 1. The van der Waals surface area contributed by atoms with Crippen LogP contribution in [-0.4, -0.2) is 61.6 Å². The maximum atomic E-state index is 13.7. The summed E-state index contributed by atoms with van der Waals surface area (Å²) >= 11 is 0. The molecule has 2 aliphatic rings. The predicted molar refractivity (Wildman–Crippen MR) is 147 cm³/mol. The zero-order chi connectivity index (χ0) is 27.5. The molecule has 0 unspecified atom stereocenters. The van der Waals surface area contributed by atoms with Crippen molar-refractivity contribution >= 4 is 30.8 Å². The van der Waals surface area contributed by atoms with Crippen molar-refractivity contribution in [3.63, 3.8) is 0 Å². The Kier molecular flexibility index (Phi) is 6.10. The zero-order valence-electron chi connectivity index (χ0n) is 22.1. The Bertz CT molecular complexity index is 1620. The fourth-order valence-electron chi connectivity index (χ4n) is 6.47. The molecule has 0 radical (unpaired) electrons. The van der Waals surface area contributed by atoms with E-state index in [9.17, 15) is 19.5 Å². The minimum Gasteiger partial charge on any atom is -0.432 e. The fraction of sp³-hybridized carbons (Fsp3) is 0.407. The highest BCUT2D eigenvalue weighted by molar-refractivity contribution is 6.71. The van der Waals surface area contributed by atoms with Gasteiger partial charge < -0.3 is 20.0 Å². The Hall–Kier alpha value is -3.58. The third-order valence-corrected chi connectivity index (χ3v) is 10.7. The van der Waals surface area contributed by atoms with Crippen LogP contribution in [0.5, 0.6) is 0 Å². The van der Waals surface area contributed by atoms with Gasteiger partial charge in [-0.3, -0.25) is 19.4 Å². The van der Waals surface area contributed by atoms with Crippen molar-refractivity contribution in [2.75, 3.05) is 11.9 Å². The summed E-state index contributed by atoms with van der Waals surface area (Å²) in [4.78, 5) is 38.2. The van der Waals surface area contributed by atoms with Gasteiger partial charge in [-0.1, -0.05) is 24.3 Å². The van der Waals surface area contributed by atoms with Crippen LogP contribution in [0, 0.1) is 5.92 Å². The minimum absolute atomic E-state index is 0.00200. The molecule has 1 saturated heterocycles. The molecule has 6 rings (SSSR count). The van der Waals surface area contributed by atoms with Crippen LogP contribution in [0.3, 0.4) is 0 Å². The van der Waals surface area contributed by atoms with Gasteiger partial charge in [0.25, 0.3) is 11.5 Å². The Morgan fingerprint density at radius 3 is 2.72 bits per heavy atom. The number of anilines is 1. The normalized spacial score (nSPS) is 24.5. The number of benzene rings is 2. The first-order chi connectivity index (χ1) is 18.6.